The number of nitrogens with zero attached hydrogens (tertiary/aromatic N) is 2. The van der Waals surface area contributed by atoms with Crippen LogP contribution < -0.4 is 0 Å². The van der Waals surface area contributed by atoms with Gasteiger partial charge in [0.05, 0.1) is 38.0 Å². The van der Waals surface area contributed by atoms with Crippen LogP contribution in [0.4, 0.5) is 0 Å². The van der Waals surface area contributed by atoms with E-state index in [0.29, 0.717) is 25.5 Å². The maximum absolute atomic E-state index is 6.23. The van der Waals surface area contributed by atoms with Crippen LogP contribution >= 0.6 is 47.0 Å². The van der Waals surface area contributed by atoms with E-state index in [2.05, 4.69) is 9.97 Å². The van der Waals surface area contributed by atoms with Gasteiger partial charge in [-0.1, -0.05) is 34.8 Å². The molecule has 7 heteroatoms. The van der Waals surface area contributed by atoms with Crippen LogP contribution in [-0.4, -0.2) is 14.5 Å². The van der Waals surface area contributed by atoms with Crippen molar-refractivity contribution in [3.8, 4) is 5.69 Å². The monoisotopic (exact) mass is 329 g/mol. The Morgan fingerprint density at radius 3 is 2.63 bits per heavy atom. The summed E-state index contributed by atoms with van der Waals surface area (Å²) in [6.45, 7) is 0. The average molecular weight is 331 g/mol. The first kappa shape index (κ1) is 12.9. The van der Waals surface area contributed by atoms with E-state index in [0.717, 1.165) is 11.0 Å². The average Bonchev–Trinajstić information content (AvgIpc) is 2.70. The van der Waals surface area contributed by atoms with E-state index in [-0.39, 0.29) is 0 Å². The van der Waals surface area contributed by atoms with Gasteiger partial charge < -0.3 is 4.98 Å². The van der Waals surface area contributed by atoms with Gasteiger partial charge in [0.25, 0.3) is 0 Å². The molecule has 0 amide bonds. The van der Waals surface area contributed by atoms with E-state index < -0.39 is 0 Å². The Morgan fingerprint density at radius 2 is 1.84 bits per heavy atom. The molecule has 0 bridgehead atoms. The normalized spacial score (nSPS) is 11.1. The molecule has 3 nitrogen and oxygen atoms in total. The fraction of sp³-hybridized carbons (Fsp3) is 0. The molecule has 2 aromatic heterocycles. The lowest BCUT2D eigenvalue weighted by Gasteiger charge is -2.08. The van der Waals surface area contributed by atoms with Gasteiger partial charge in [-0.3, -0.25) is 9.55 Å². The second kappa shape index (κ2) is 4.80. The molecule has 0 aliphatic heterocycles. The molecule has 0 aliphatic rings. The Balaban J connectivity index is 2.40. The van der Waals surface area contributed by atoms with Crippen molar-refractivity contribution in [1.29, 1.82) is 0 Å². The van der Waals surface area contributed by atoms with E-state index in [9.17, 15) is 0 Å². The molecule has 96 valence electrons. The Morgan fingerprint density at radius 1 is 1.11 bits per heavy atom. The minimum Gasteiger partial charge on any atom is -0.329 e. The number of imidazole rings is 1. The van der Waals surface area contributed by atoms with Gasteiger partial charge in [-0.2, -0.15) is 0 Å². The fourth-order valence-corrected chi connectivity index (χ4v) is 2.81. The zero-order chi connectivity index (χ0) is 13.6. The lowest BCUT2D eigenvalue weighted by molar-refractivity contribution is 1.06. The number of aromatic amines is 1. The third-order valence-corrected chi connectivity index (χ3v) is 4.02. The van der Waals surface area contributed by atoms with E-state index in [1.165, 1.54) is 0 Å². The van der Waals surface area contributed by atoms with Crippen LogP contribution in [0.1, 0.15) is 0 Å². The van der Waals surface area contributed by atoms with Crippen LogP contribution in [0.2, 0.25) is 15.1 Å². The molecule has 1 N–H and O–H groups in total. The molecule has 0 fully saturated rings. The molecule has 1 aromatic carbocycles. The highest BCUT2D eigenvalue weighted by Gasteiger charge is 2.12. The summed E-state index contributed by atoms with van der Waals surface area (Å²) in [7, 11) is 0. The lowest BCUT2D eigenvalue weighted by atomic mass is 10.3. The summed E-state index contributed by atoms with van der Waals surface area (Å²) in [5.41, 5.74) is 2.38. The number of hydrogen-bond acceptors (Lipinski definition) is 2. The highest BCUT2D eigenvalue weighted by molar-refractivity contribution is 7.71. The smallest absolute Gasteiger partial charge is 0.182 e. The highest BCUT2D eigenvalue weighted by atomic mass is 35.5. The summed E-state index contributed by atoms with van der Waals surface area (Å²) in [5, 5.41) is 1.30. The Bertz CT molecular complexity index is 838. The van der Waals surface area contributed by atoms with E-state index >= 15 is 0 Å². The van der Waals surface area contributed by atoms with E-state index in [4.69, 9.17) is 47.0 Å². The maximum atomic E-state index is 6.23. The molecule has 0 spiro atoms. The highest BCUT2D eigenvalue weighted by Crippen LogP contribution is 2.32. The van der Waals surface area contributed by atoms with Gasteiger partial charge in [-0.25, -0.2) is 0 Å². The van der Waals surface area contributed by atoms with Crippen molar-refractivity contribution in [3.63, 3.8) is 0 Å². The van der Waals surface area contributed by atoms with Gasteiger partial charge in [0.2, 0.25) is 0 Å². The van der Waals surface area contributed by atoms with Gasteiger partial charge in [-0.15, -0.1) is 0 Å². The van der Waals surface area contributed by atoms with Crippen molar-refractivity contribution in [2.75, 3.05) is 0 Å². The van der Waals surface area contributed by atoms with Gasteiger partial charge in [0, 0.05) is 6.20 Å². The van der Waals surface area contributed by atoms with Crippen LogP contribution in [0.3, 0.4) is 0 Å². The zero-order valence-corrected chi connectivity index (χ0v) is 12.4. The molecule has 19 heavy (non-hydrogen) atoms. The molecule has 0 unspecified atom stereocenters. The van der Waals surface area contributed by atoms with Gasteiger partial charge in [0.1, 0.15) is 0 Å². The van der Waals surface area contributed by atoms with Gasteiger partial charge in [-0.05, 0) is 30.4 Å². The summed E-state index contributed by atoms with van der Waals surface area (Å²) >= 11 is 23.5. The Labute approximate surface area is 128 Å². The predicted molar refractivity (Wildman–Crippen MR) is 81.3 cm³/mol. The van der Waals surface area contributed by atoms with Crippen LogP contribution in [0.15, 0.2) is 30.6 Å². The third-order valence-electron chi connectivity index (χ3n) is 2.71. The minimum atomic E-state index is 0.406. The molecule has 3 rings (SSSR count). The summed E-state index contributed by atoms with van der Waals surface area (Å²) in [4.78, 5) is 7.11. The molecular formula is C12H6Cl3N3S. The molecule has 3 aromatic rings. The summed E-state index contributed by atoms with van der Waals surface area (Å²) in [5.74, 6) is 0. The predicted octanol–water partition coefficient (Wildman–Crippen LogP) is 5.04. The number of hydrogen-bond donors (Lipinski definition) is 1. The van der Waals surface area contributed by atoms with Gasteiger partial charge >= 0.3 is 0 Å². The summed E-state index contributed by atoms with van der Waals surface area (Å²) in [6, 6.07) is 5.14. The molecule has 0 aliphatic carbocycles. The second-order valence-corrected chi connectivity index (χ2v) is 5.48. The number of aromatic nitrogens is 3. The molecular weight excluding hydrogens is 325 g/mol. The van der Waals surface area contributed by atoms with Crippen LogP contribution in [0, 0.1) is 4.77 Å². The topological polar surface area (TPSA) is 33.6 Å². The first-order valence-electron chi connectivity index (χ1n) is 5.27. The molecule has 2 heterocycles. The first-order chi connectivity index (χ1) is 9.08. The minimum absolute atomic E-state index is 0.406. The fourth-order valence-electron chi connectivity index (χ4n) is 1.88. The van der Waals surface area contributed by atoms with E-state index in [1.807, 2.05) is 6.07 Å². The van der Waals surface area contributed by atoms with Crippen molar-refractivity contribution in [1.82, 2.24) is 14.5 Å². The molecule has 0 saturated carbocycles. The zero-order valence-electron chi connectivity index (χ0n) is 9.32. The van der Waals surface area contributed by atoms with Crippen molar-refractivity contribution in [3.05, 3.63) is 50.4 Å². The number of H-pyrrole nitrogens is 1. The van der Waals surface area contributed by atoms with E-state index in [1.54, 1.807) is 29.1 Å². The van der Waals surface area contributed by atoms with Crippen LogP contribution in [0.25, 0.3) is 16.7 Å². The standard InChI is InChI=1S/C12H6Cl3N3S/c13-6-3-8(15)11(4-7(6)14)18-10-1-2-16-5-9(10)17-12(18)19/h1-5H,(H,17,19). The van der Waals surface area contributed by atoms with Crippen molar-refractivity contribution in [2.45, 2.75) is 0 Å². The van der Waals surface area contributed by atoms with Gasteiger partial charge in [0.15, 0.2) is 4.77 Å². The SMILES string of the molecule is S=c1[nH]c2cnccc2n1-c1cc(Cl)c(Cl)cc1Cl. The summed E-state index contributed by atoms with van der Waals surface area (Å²) < 4.78 is 2.32. The Kier molecular flexibility index (Phi) is 3.27. The molecule has 0 radical (unpaired) electrons. The third kappa shape index (κ3) is 2.15. The number of halogens is 3. The van der Waals surface area contributed by atoms with Crippen molar-refractivity contribution < 1.29 is 0 Å². The molecule has 0 saturated heterocycles. The van der Waals surface area contributed by atoms with Crippen LogP contribution in [-0.2, 0) is 0 Å². The summed E-state index contributed by atoms with van der Waals surface area (Å²) in [6.07, 6.45) is 3.39. The second-order valence-electron chi connectivity index (χ2n) is 3.88. The van der Waals surface area contributed by atoms with Crippen molar-refractivity contribution in [2.24, 2.45) is 0 Å². The quantitative estimate of drug-likeness (QED) is 0.501. The number of pyridine rings is 1. The van der Waals surface area contributed by atoms with Crippen LogP contribution in [0.5, 0.6) is 0 Å². The Hall–Kier alpha value is -1.07. The molecule has 0 atom stereocenters. The number of fused-ring (bicyclic) bond motifs is 1. The maximum Gasteiger partial charge on any atom is 0.182 e. The first-order valence-corrected chi connectivity index (χ1v) is 6.82. The largest absolute Gasteiger partial charge is 0.329 e. The lowest BCUT2D eigenvalue weighted by Crippen LogP contribution is -1.95. The number of rotatable bonds is 1. The van der Waals surface area contributed by atoms with Crippen molar-refractivity contribution >= 4 is 58.1 Å². The number of nitrogens with one attached hydrogen (secondary N) is 1. The number of benzene rings is 1.